The van der Waals surface area contributed by atoms with Gasteiger partial charge in [-0.05, 0) is 29.2 Å². The summed E-state index contributed by atoms with van der Waals surface area (Å²) in [5.74, 6) is 0. The molecule has 2 amide bonds. The van der Waals surface area contributed by atoms with Gasteiger partial charge in [-0.2, -0.15) is 0 Å². The van der Waals surface area contributed by atoms with Gasteiger partial charge in [-0.1, -0.05) is 57.2 Å². The number of benzene rings is 2. The Morgan fingerprint density at radius 2 is 1.54 bits per heavy atom. The van der Waals surface area contributed by atoms with E-state index in [4.69, 9.17) is 0 Å². The Hall–Kier alpha value is -2.88. The first kappa shape index (κ1) is 16.0. The molecule has 122 valence electrons. The predicted octanol–water partition coefficient (Wildman–Crippen LogP) is 5.18. The van der Waals surface area contributed by atoms with E-state index >= 15 is 0 Å². The van der Waals surface area contributed by atoms with Crippen LogP contribution in [-0.2, 0) is 5.41 Å². The zero-order valence-electron chi connectivity index (χ0n) is 14.1. The minimum absolute atomic E-state index is 0.0507. The van der Waals surface area contributed by atoms with Crippen molar-refractivity contribution in [1.82, 2.24) is 4.98 Å². The number of carbonyl (C=O) groups excluding carboxylic acids is 1. The number of aromatic nitrogens is 1. The molecule has 0 aliphatic rings. The van der Waals surface area contributed by atoms with Crippen molar-refractivity contribution >= 4 is 28.3 Å². The second kappa shape index (κ2) is 6.32. The van der Waals surface area contributed by atoms with Crippen LogP contribution in [0.2, 0.25) is 0 Å². The lowest BCUT2D eigenvalue weighted by Gasteiger charge is -2.23. The molecule has 2 aromatic carbocycles. The van der Waals surface area contributed by atoms with Crippen LogP contribution in [0.4, 0.5) is 16.2 Å². The highest BCUT2D eigenvalue weighted by molar-refractivity contribution is 6.05. The molecular weight excluding hydrogens is 298 g/mol. The average Bonchev–Trinajstić information content (AvgIpc) is 2.54. The number of fused-ring (bicyclic) bond motifs is 1. The number of rotatable bonds is 2. The number of hydrogen-bond donors (Lipinski definition) is 2. The van der Waals surface area contributed by atoms with Gasteiger partial charge in [-0.15, -0.1) is 0 Å². The zero-order valence-corrected chi connectivity index (χ0v) is 14.1. The Balaban J connectivity index is 1.84. The van der Waals surface area contributed by atoms with Crippen molar-refractivity contribution in [3.63, 3.8) is 0 Å². The molecule has 0 saturated heterocycles. The van der Waals surface area contributed by atoms with Gasteiger partial charge in [0.15, 0.2) is 0 Å². The number of anilines is 2. The van der Waals surface area contributed by atoms with Gasteiger partial charge in [0, 0.05) is 17.3 Å². The van der Waals surface area contributed by atoms with E-state index in [1.807, 2.05) is 54.6 Å². The van der Waals surface area contributed by atoms with Gasteiger partial charge in [-0.3, -0.25) is 4.98 Å². The molecule has 2 N–H and O–H groups in total. The fourth-order valence-corrected chi connectivity index (χ4v) is 2.73. The van der Waals surface area contributed by atoms with Crippen molar-refractivity contribution in [2.45, 2.75) is 26.2 Å². The molecule has 0 unspecified atom stereocenters. The molecule has 1 aromatic heterocycles. The lowest BCUT2D eigenvalue weighted by Crippen LogP contribution is -2.23. The summed E-state index contributed by atoms with van der Waals surface area (Å²) in [7, 11) is 0. The van der Waals surface area contributed by atoms with Crippen molar-refractivity contribution in [3.05, 3.63) is 66.4 Å². The van der Waals surface area contributed by atoms with Crippen molar-refractivity contribution in [3.8, 4) is 0 Å². The summed E-state index contributed by atoms with van der Waals surface area (Å²) in [5.41, 5.74) is 3.33. The maximum atomic E-state index is 12.5. The van der Waals surface area contributed by atoms with E-state index < -0.39 is 0 Å². The monoisotopic (exact) mass is 319 g/mol. The minimum atomic E-state index is -0.273. The van der Waals surface area contributed by atoms with Gasteiger partial charge in [-0.25, -0.2) is 4.79 Å². The highest BCUT2D eigenvalue weighted by atomic mass is 16.2. The molecule has 0 atom stereocenters. The first-order chi connectivity index (χ1) is 11.4. The number of carbonyl (C=O) groups is 1. The van der Waals surface area contributed by atoms with Crippen LogP contribution < -0.4 is 10.6 Å². The average molecular weight is 319 g/mol. The van der Waals surface area contributed by atoms with E-state index in [9.17, 15) is 4.79 Å². The number of pyridine rings is 1. The van der Waals surface area contributed by atoms with Crippen LogP contribution >= 0.6 is 0 Å². The molecule has 0 aliphatic heterocycles. The van der Waals surface area contributed by atoms with Gasteiger partial charge in [0.1, 0.15) is 0 Å². The molecule has 0 bridgehead atoms. The van der Waals surface area contributed by atoms with E-state index in [1.165, 1.54) is 0 Å². The van der Waals surface area contributed by atoms with Crippen LogP contribution in [0.1, 0.15) is 26.3 Å². The summed E-state index contributed by atoms with van der Waals surface area (Å²) < 4.78 is 0. The Morgan fingerprint density at radius 3 is 2.33 bits per heavy atom. The molecule has 0 spiro atoms. The SMILES string of the molecule is CC(C)(C)c1ccccc1NC(=O)Nc1cccc2cccnc12. The van der Waals surface area contributed by atoms with E-state index in [0.717, 1.165) is 22.2 Å². The molecule has 4 nitrogen and oxygen atoms in total. The van der Waals surface area contributed by atoms with Crippen LogP contribution in [-0.4, -0.2) is 11.0 Å². The van der Waals surface area contributed by atoms with E-state index in [0.29, 0.717) is 5.69 Å². The molecule has 4 heteroatoms. The predicted molar refractivity (Wildman–Crippen MR) is 99.5 cm³/mol. The minimum Gasteiger partial charge on any atom is -0.307 e. The normalized spacial score (nSPS) is 11.3. The number of nitrogens with one attached hydrogen (secondary N) is 2. The summed E-state index contributed by atoms with van der Waals surface area (Å²) in [6.07, 6.45) is 1.72. The molecule has 1 heterocycles. The molecule has 3 aromatic rings. The number of amides is 2. The van der Waals surface area contributed by atoms with Gasteiger partial charge < -0.3 is 10.6 Å². The number of nitrogens with zero attached hydrogens (tertiary/aromatic N) is 1. The third kappa shape index (κ3) is 3.38. The Kier molecular flexibility index (Phi) is 4.21. The van der Waals surface area contributed by atoms with Crippen molar-refractivity contribution in [2.75, 3.05) is 10.6 Å². The topological polar surface area (TPSA) is 54.0 Å². The number of hydrogen-bond acceptors (Lipinski definition) is 2. The van der Waals surface area contributed by atoms with E-state index in [2.05, 4.69) is 36.4 Å². The third-order valence-corrected chi connectivity index (χ3v) is 3.86. The lowest BCUT2D eigenvalue weighted by atomic mass is 9.86. The second-order valence-electron chi connectivity index (χ2n) is 6.76. The number of para-hydroxylation sites is 2. The highest BCUT2D eigenvalue weighted by Gasteiger charge is 2.18. The maximum Gasteiger partial charge on any atom is 0.323 e. The van der Waals surface area contributed by atoms with E-state index in [-0.39, 0.29) is 11.4 Å². The van der Waals surface area contributed by atoms with Gasteiger partial charge >= 0.3 is 6.03 Å². The van der Waals surface area contributed by atoms with Gasteiger partial charge in [0.25, 0.3) is 0 Å². The van der Waals surface area contributed by atoms with Crippen LogP contribution in [0.3, 0.4) is 0 Å². The Morgan fingerprint density at radius 1 is 0.875 bits per heavy atom. The molecular formula is C20H21N3O. The fraction of sp³-hybridized carbons (Fsp3) is 0.200. The summed E-state index contributed by atoms with van der Waals surface area (Å²) in [5, 5.41) is 6.84. The maximum absolute atomic E-state index is 12.5. The van der Waals surface area contributed by atoms with Crippen LogP contribution in [0.25, 0.3) is 10.9 Å². The molecule has 0 fully saturated rings. The van der Waals surface area contributed by atoms with Crippen LogP contribution in [0.15, 0.2) is 60.8 Å². The number of urea groups is 1. The summed E-state index contributed by atoms with van der Waals surface area (Å²) in [6, 6.07) is 17.2. The largest absolute Gasteiger partial charge is 0.323 e. The summed E-state index contributed by atoms with van der Waals surface area (Å²) in [6.45, 7) is 6.38. The Bertz CT molecular complexity index is 876. The molecule has 0 aliphatic carbocycles. The standard InChI is InChI=1S/C20H21N3O/c1-20(2,3)15-10-4-5-11-16(15)22-19(24)23-17-12-6-8-14-9-7-13-21-18(14)17/h4-13H,1-3H3,(H2,22,23,24). The van der Waals surface area contributed by atoms with Crippen molar-refractivity contribution < 1.29 is 4.79 Å². The van der Waals surface area contributed by atoms with Crippen molar-refractivity contribution in [2.24, 2.45) is 0 Å². The third-order valence-electron chi connectivity index (χ3n) is 3.86. The summed E-state index contributed by atoms with van der Waals surface area (Å²) in [4.78, 5) is 16.8. The molecule has 0 radical (unpaired) electrons. The molecule has 3 rings (SSSR count). The van der Waals surface area contributed by atoms with Gasteiger partial charge in [0.05, 0.1) is 11.2 Å². The Labute approximate surface area is 141 Å². The van der Waals surface area contributed by atoms with E-state index in [1.54, 1.807) is 6.20 Å². The first-order valence-electron chi connectivity index (χ1n) is 7.96. The van der Waals surface area contributed by atoms with Crippen LogP contribution in [0.5, 0.6) is 0 Å². The highest BCUT2D eigenvalue weighted by Crippen LogP contribution is 2.29. The fourth-order valence-electron chi connectivity index (χ4n) is 2.73. The lowest BCUT2D eigenvalue weighted by molar-refractivity contribution is 0.262. The van der Waals surface area contributed by atoms with Crippen LogP contribution in [0, 0.1) is 0 Å². The molecule has 0 saturated carbocycles. The van der Waals surface area contributed by atoms with Gasteiger partial charge in [0.2, 0.25) is 0 Å². The van der Waals surface area contributed by atoms with Crippen molar-refractivity contribution in [1.29, 1.82) is 0 Å². The molecule has 24 heavy (non-hydrogen) atoms. The zero-order chi connectivity index (χ0) is 17.2. The summed E-state index contributed by atoms with van der Waals surface area (Å²) >= 11 is 0. The second-order valence-corrected chi connectivity index (χ2v) is 6.76. The first-order valence-corrected chi connectivity index (χ1v) is 7.96. The quantitative estimate of drug-likeness (QED) is 0.684. The smallest absolute Gasteiger partial charge is 0.307 e.